The summed E-state index contributed by atoms with van der Waals surface area (Å²) in [7, 11) is 0. The molecule has 3 atom stereocenters. The van der Waals surface area contributed by atoms with Crippen molar-refractivity contribution in [3.05, 3.63) is 119 Å². The molecule has 1 heterocycles. The number of carbonyl (C=O) groups excluding carboxylic acids is 1. The number of carbonyl (C=O) groups is 1. The lowest BCUT2D eigenvalue weighted by molar-refractivity contribution is -0.121. The van der Waals surface area contributed by atoms with Gasteiger partial charge in [0.15, 0.2) is 5.78 Å². The van der Waals surface area contributed by atoms with E-state index in [2.05, 4.69) is 23.9 Å². The number of hydrogen-bond donors (Lipinski definition) is 0. The van der Waals surface area contributed by atoms with Crippen molar-refractivity contribution in [3.8, 4) is 28.1 Å². The van der Waals surface area contributed by atoms with E-state index in [4.69, 9.17) is 11.7 Å². The molecule has 0 spiro atoms. The molecule has 0 radical (unpaired) electrons. The zero-order valence-electron chi connectivity index (χ0n) is 20.8. The van der Waals surface area contributed by atoms with Crippen LogP contribution in [0.1, 0.15) is 31.5 Å². The van der Waals surface area contributed by atoms with Crippen molar-refractivity contribution in [2.45, 2.75) is 32.1 Å². The van der Waals surface area contributed by atoms with Gasteiger partial charge in [0.05, 0.1) is 23.6 Å². The van der Waals surface area contributed by atoms with Crippen molar-refractivity contribution >= 4 is 5.78 Å². The lowest BCUT2D eigenvalue weighted by Crippen LogP contribution is -2.46. The number of fused-ring (bicyclic) bond motifs is 3. The van der Waals surface area contributed by atoms with E-state index >= 15 is 0 Å². The van der Waals surface area contributed by atoms with Gasteiger partial charge in [0, 0.05) is 22.5 Å². The van der Waals surface area contributed by atoms with E-state index in [0.717, 1.165) is 46.6 Å². The Morgan fingerprint density at radius 3 is 2.43 bits per heavy atom. The number of hydrogen-bond acceptors (Lipinski definition) is 2. The number of nitrogens with zero attached hydrogens (tertiary/aromatic N) is 3. The van der Waals surface area contributed by atoms with Gasteiger partial charge in [-0.25, -0.2) is 13.9 Å². The molecule has 0 saturated heterocycles. The molecule has 0 bridgehead atoms. The second-order valence-electron chi connectivity index (χ2n) is 10.2. The van der Waals surface area contributed by atoms with E-state index in [1.165, 1.54) is 17.7 Å². The van der Waals surface area contributed by atoms with Crippen LogP contribution < -0.4 is 0 Å². The molecule has 3 aromatic carbocycles. The Morgan fingerprint density at radius 2 is 1.73 bits per heavy atom. The summed E-state index contributed by atoms with van der Waals surface area (Å²) in [6.45, 7) is 11.8. The highest BCUT2D eigenvalue weighted by molar-refractivity contribution is 6.00. The average Bonchev–Trinajstić information content (AvgIpc) is 3.32. The van der Waals surface area contributed by atoms with Crippen molar-refractivity contribution in [2.24, 2.45) is 11.8 Å². The molecular weight excluding hydrogens is 461 g/mol. The highest BCUT2D eigenvalue weighted by Gasteiger charge is 2.50. The quantitative estimate of drug-likeness (QED) is 0.287. The fraction of sp³-hybridized carbons (Fsp3) is 0.219. The molecule has 182 valence electrons. The van der Waals surface area contributed by atoms with Crippen LogP contribution in [0, 0.1) is 24.2 Å². The van der Waals surface area contributed by atoms with Gasteiger partial charge < -0.3 is 4.79 Å². The van der Waals surface area contributed by atoms with Gasteiger partial charge in [0.2, 0.25) is 5.70 Å². The Morgan fingerprint density at radius 1 is 1.00 bits per heavy atom. The number of allylic oxidation sites excluding steroid dienone is 2. The molecule has 4 nitrogen and oxygen atoms in total. The van der Waals surface area contributed by atoms with Gasteiger partial charge in [-0.2, -0.15) is 5.10 Å². The Balaban J connectivity index is 1.56. The van der Waals surface area contributed by atoms with Crippen LogP contribution in [-0.4, -0.2) is 15.6 Å². The molecule has 0 aliphatic heterocycles. The van der Waals surface area contributed by atoms with Gasteiger partial charge in [0.1, 0.15) is 5.82 Å². The normalized spacial score (nSPS) is 22.5. The van der Waals surface area contributed by atoms with E-state index in [1.54, 1.807) is 6.07 Å². The topological polar surface area (TPSA) is 39.2 Å². The molecule has 0 N–H and O–H groups in total. The second-order valence-corrected chi connectivity index (χ2v) is 10.2. The van der Waals surface area contributed by atoms with Crippen LogP contribution >= 0.6 is 0 Å². The van der Waals surface area contributed by atoms with Gasteiger partial charge >= 0.3 is 0 Å². The summed E-state index contributed by atoms with van der Waals surface area (Å²) >= 11 is 0. The minimum atomic E-state index is -0.512. The van der Waals surface area contributed by atoms with Gasteiger partial charge in [-0.3, -0.25) is 0 Å². The van der Waals surface area contributed by atoms with Crippen LogP contribution in [0.4, 0.5) is 4.39 Å². The standard InChI is InChI=1S/C32H26FN3O/c1-20-27-17-16-26-29(22-8-5-4-6-9-22)35-36(31(26)32(27,2)19-28(34-3)30(20)37)25-14-12-21(13-15-25)23-10-7-11-24(33)18-23/h4-15,18-20,27H,16-17H2,1-2H3/t20-,27-,32-/m1/s1. The number of benzene rings is 3. The molecule has 37 heavy (non-hydrogen) atoms. The molecular formula is C32H26FN3O. The van der Waals surface area contributed by atoms with Crippen LogP contribution in [0.5, 0.6) is 0 Å². The number of aromatic nitrogens is 2. The Kier molecular flexibility index (Phi) is 5.42. The molecule has 6 rings (SSSR count). The summed E-state index contributed by atoms with van der Waals surface area (Å²) in [4.78, 5) is 16.5. The van der Waals surface area contributed by atoms with Gasteiger partial charge in [-0.05, 0) is 54.2 Å². The zero-order chi connectivity index (χ0) is 25.7. The molecule has 4 aromatic rings. The van der Waals surface area contributed by atoms with Crippen molar-refractivity contribution in [1.82, 2.24) is 9.78 Å². The number of ketones is 1. The van der Waals surface area contributed by atoms with Crippen molar-refractivity contribution in [3.63, 3.8) is 0 Å². The highest BCUT2D eigenvalue weighted by atomic mass is 19.1. The maximum Gasteiger partial charge on any atom is 0.226 e. The summed E-state index contributed by atoms with van der Waals surface area (Å²) < 4.78 is 15.8. The third kappa shape index (κ3) is 3.64. The number of Topliss-reactive ketones (excluding diaryl/α,β-unsaturated/α-hetero) is 1. The lowest BCUT2D eigenvalue weighted by atomic mass is 9.58. The maximum absolute atomic E-state index is 13.8. The van der Waals surface area contributed by atoms with Crippen LogP contribution in [0.2, 0.25) is 0 Å². The van der Waals surface area contributed by atoms with Crippen molar-refractivity contribution in [2.75, 3.05) is 0 Å². The van der Waals surface area contributed by atoms with E-state index in [0.29, 0.717) is 0 Å². The Bertz CT molecular complexity index is 1590. The minimum absolute atomic E-state index is 0.0604. The molecule has 1 aromatic heterocycles. The fourth-order valence-electron chi connectivity index (χ4n) is 6.30. The van der Waals surface area contributed by atoms with E-state index in [1.807, 2.05) is 66.2 Å². The largest absolute Gasteiger partial charge is 0.308 e. The first-order chi connectivity index (χ1) is 17.9. The molecule has 0 unspecified atom stereocenters. The molecule has 2 aliphatic carbocycles. The van der Waals surface area contributed by atoms with Crippen molar-refractivity contribution in [1.29, 1.82) is 0 Å². The number of halogens is 1. The predicted octanol–water partition coefficient (Wildman–Crippen LogP) is 7.19. The Labute approximate surface area is 215 Å². The molecule has 5 heteroatoms. The van der Waals surface area contributed by atoms with Crippen molar-refractivity contribution < 1.29 is 9.18 Å². The van der Waals surface area contributed by atoms with Crippen LogP contribution in [-0.2, 0) is 16.6 Å². The van der Waals surface area contributed by atoms with Gasteiger partial charge in [-0.15, -0.1) is 0 Å². The molecule has 0 saturated carbocycles. The van der Waals surface area contributed by atoms with Crippen LogP contribution in [0.15, 0.2) is 90.6 Å². The first kappa shape index (κ1) is 23.1. The van der Waals surface area contributed by atoms with E-state index < -0.39 is 5.41 Å². The number of rotatable bonds is 3. The Hall–Kier alpha value is -4.30. The summed E-state index contributed by atoms with van der Waals surface area (Å²) in [5, 5.41) is 5.15. The van der Waals surface area contributed by atoms with E-state index in [-0.39, 0.29) is 29.1 Å². The third-order valence-electron chi connectivity index (χ3n) is 8.11. The summed E-state index contributed by atoms with van der Waals surface area (Å²) in [5.41, 5.74) is 6.53. The van der Waals surface area contributed by atoms with Crippen LogP contribution in [0.25, 0.3) is 32.9 Å². The van der Waals surface area contributed by atoms with Gasteiger partial charge in [0.25, 0.3) is 0 Å². The summed E-state index contributed by atoms with van der Waals surface area (Å²) in [6.07, 6.45) is 3.57. The summed E-state index contributed by atoms with van der Waals surface area (Å²) in [5.74, 6) is -0.470. The molecule has 2 aliphatic rings. The van der Waals surface area contributed by atoms with E-state index in [9.17, 15) is 9.18 Å². The fourth-order valence-corrected chi connectivity index (χ4v) is 6.30. The summed E-state index contributed by atoms with van der Waals surface area (Å²) in [6, 6.07) is 24.7. The minimum Gasteiger partial charge on any atom is -0.308 e. The SMILES string of the molecule is [C-]#[N+]C1=C[C@@]2(C)c3c(c(-c4ccccc4)nn3-c3ccc(-c4cccc(F)c4)cc3)CC[C@@H]2[C@@H](C)C1=O. The first-order valence-corrected chi connectivity index (χ1v) is 12.6. The smallest absolute Gasteiger partial charge is 0.226 e. The average molecular weight is 488 g/mol. The van der Waals surface area contributed by atoms with Crippen LogP contribution in [0.3, 0.4) is 0 Å². The first-order valence-electron chi connectivity index (χ1n) is 12.6. The predicted molar refractivity (Wildman–Crippen MR) is 142 cm³/mol. The third-order valence-corrected chi connectivity index (χ3v) is 8.11. The molecule has 0 amide bonds. The second kappa shape index (κ2) is 8.67. The zero-order valence-corrected chi connectivity index (χ0v) is 20.8. The monoisotopic (exact) mass is 487 g/mol. The molecule has 0 fully saturated rings. The maximum atomic E-state index is 13.8. The van der Waals surface area contributed by atoms with Gasteiger partial charge in [-0.1, -0.05) is 74.5 Å². The lowest BCUT2D eigenvalue weighted by Gasteiger charge is -2.45. The highest BCUT2D eigenvalue weighted by Crippen LogP contribution is 2.52.